The first-order valence-corrected chi connectivity index (χ1v) is 9.65. The predicted molar refractivity (Wildman–Crippen MR) is 115 cm³/mol. The van der Waals surface area contributed by atoms with E-state index >= 15 is 0 Å². The number of rotatable bonds is 6. The van der Waals surface area contributed by atoms with Crippen molar-refractivity contribution in [3.05, 3.63) is 77.0 Å². The van der Waals surface area contributed by atoms with Crippen LogP contribution in [0.5, 0.6) is 5.75 Å². The molecule has 4 rings (SSSR count). The fourth-order valence-corrected chi connectivity index (χ4v) is 3.18. The average Bonchev–Trinajstić information content (AvgIpc) is 3.37. The molecule has 2 aromatic carbocycles. The maximum atomic E-state index is 13.1. The third-order valence-electron chi connectivity index (χ3n) is 4.70. The van der Waals surface area contributed by atoms with Crippen molar-refractivity contribution in [2.75, 3.05) is 7.11 Å². The Balaban J connectivity index is 1.71. The van der Waals surface area contributed by atoms with Gasteiger partial charge in [0.25, 0.3) is 5.91 Å². The van der Waals surface area contributed by atoms with Crippen LogP contribution in [0.4, 0.5) is 0 Å². The molecule has 0 aliphatic carbocycles. The first kappa shape index (κ1) is 19.6. The van der Waals surface area contributed by atoms with Gasteiger partial charge >= 0.3 is 0 Å². The van der Waals surface area contributed by atoms with Crippen LogP contribution in [0.2, 0.25) is 0 Å². The molecule has 0 spiro atoms. The van der Waals surface area contributed by atoms with Gasteiger partial charge in [-0.3, -0.25) is 9.89 Å². The molecule has 4 aromatic rings. The molecule has 0 saturated carbocycles. The Morgan fingerprint density at radius 2 is 2.00 bits per heavy atom. The smallest absolute Gasteiger partial charge is 0.255 e. The molecule has 0 bridgehead atoms. The number of carbonyl (C=O) groups is 1. The van der Waals surface area contributed by atoms with E-state index < -0.39 is 0 Å². The highest BCUT2D eigenvalue weighted by Gasteiger charge is 2.19. The predicted octanol–water partition coefficient (Wildman–Crippen LogP) is 3.27. The van der Waals surface area contributed by atoms with Crippen molar-refractivity contribution in [1.29, 1.82) is 0 Å². The van der Waals surface area contributed by atoms with Gasteiger partial charge in [0.05, 0.1) is 24.9 Å². The minimum absolute atomic E-state index is 0.233. The van der Waals surface area contributed by atoms with E-state index in [1.54, 1.807) is 29.6 Å². The maximum Gasteiger partial charge on any atom is 0.255 e. The molecule has 1 amide bonds. The van der Waals surface area contributed by atoms with Crippen LogP contribution in [-0.2, 0) is 13.6 Å². The lowest BCUT2D eigenvalue weighted by Gasteiger charge is -2.06. The second kappa shape index (κ2) is 8.34. The van der Waals surface area contributed by atoms with E-state index in [1.165, 1.54) is 0 Å². The molecular weight excluding hydrogens is 400 g/mol. The summed E-state index contributed by atoms with van der Waals surface area (Å²) in [6, 6.07) is 17.1. The number of amides is 1. The standard InChI is InChI=1S/C21H20N6O2S/c1-26-18(23-24-21(26)30)12-22-20(28)17-13-27(15-8-4-3-5-9-15)25-19(17)14-7-6-10-16(11-14)29-2/h3-11,13H,12H2,1-2H3,(H,22,28)(H,24,30). The van der Waals surface area contributed by atoms with Gasteiger partial charge in [0.1, 0.15) is 11.4 Å². The number of para-hydroxylation sites is 1. The molecule has 0 saturated heterocycles. The van der Waals surface area contributed by atoms with Crippen LogP contribution >= 0.6 is 12.2 Å². The molecule has 0 fully saturated rings. The van der Waals surface area contributed by atoms with Gasteiger partial charge < -0.3 is 14.6 Å². The summed E-state index contributed by atoms with van der Waals surface area (Å²) in [5, 5.41) is 14.4. The molecule has 0 aliphatic rings. The zero-order valence-corrected chi connectivity index (χ0v) is 17.3. The lowest BCUT2D eigenvalue weighted by Crippen LogP contribution is -2.24. The van der Waals surface area contributed by atoms with Crippen LogP contribution in [0.15, 0.2) is 60.8 Å². The highest BCUT2D eigenvalue weighted by Crippen LogP contribution is 2.27. The largest absolute Gasteiger partial charge is 0.497 e. The molecule has 2 N–H and O–H groups in total. The molecule has 30 heavy (non-hydrogen) atoms. The molecule has 152 valence electrons. The number of aromatic amines is 1. The topological polar surface area (TPSA) is 89.8 Å². The monoisotopic (exact) mass is 420 g/mol. The van der Waals surface area contributed by atoms with Crippen molar-refractivity contribution in [3.63, 3.8) is 0 Å². The Labute approximate surface area is 178 Å². The van der Waals surface area contributed by atoms with Crippen molar-refractivity contribution < 1.29 is 9.53 Å². The number of ether oxygens (including phenoxy) is 1. The molecule has 0 aliphatic heterocycles. The Morgan fingerprint density at radius 1 is 1.20 bits per heavy atom. The SMILES string of the molecule is COc1cccc(-c2nn(-c3ccccc3)cc2C(=O)NCc2n[nH]c(=S)n2C)c1. The first-order valence-electron chi connectivity index (χ1n) is 9.25. The second-order valence-corrected chi connectivity index (χ2v) is 6.98. The normalized spacial score (nSPS) is 10.7. The van der Waals surface area contributed by atoms with Gasteiger partial charge in [0.2, 0.25) is 0 Å². The summed E-state index contributed by atoms with van der Waals surface area (Å²) in [6.45, 7) is 0.233. The summed E-state index contributed by atoms with van der Waals surface area (Å²) in [5.74, 6) is 1.06. The number of nitrogens with zero attached hydrogens (tertiary/aromatic N) is 4. The quantitative estimate of drug-likeness (QED) is 0.467. The summed E-state index contributed by atoms with van der Waals surface area (Å²) in [6.07, 6.45) is 1.72. The van der Waals surface area contributed by atoms with Crippen LogP contribution < -0.4 is 10.1 Å². The van der Waals surface area contributed by atoms with E-state index in [4.69, 9.17) is 17.0 Å². The second-order valence-electron chi connectivity index (χ2n) is 6.59. The van der Waals surface area contributed by atoms with Crippen LogP contribution in [0.3, 0.4) is 0 Å². The third-order valence-corrected chi connectivity index (χ3v) is 5.07. The minimum atomic E-state index is -0.260. The van der Waals surface area contributed by atoms with E-state index in [9.17, 15) is 4.79 Å². The third kappa shape index (κ3) is 3.87. The van der Waals surface area contributed by atoms with Gasteiger partial charge in [-0.2, -0.15) is 10.2 Å². The van der Waals surface area contributed by atoms with Gasteiger partial charge in [-0.05, 0) is 36.5 Å². The molecular formula is C21H20N6O2S. The Hall–Kier alpha value is -3.72. The number of carbonyl (C=O) groups excluding carboxylic acids is 1. The number of methoxy groups -OCH3 is 1. The van der Waals surface area contributed by atoms with Crippen LogP contribution in [-0.4, -0.2) is 37.6 Å². The van der Waals surface area contributed by atoms with Crippen LogP contribution in [0.25, 0.3) is 16.9 Å². The number of aromatic nitrogens is 5. The van der Waals surface area contributed by atoms with E-state index in [-0.39, 0.29) is 12.5 Å². The highest BCUT2D eigenvalue weighted by molar-refractivity contribution is 7.71. The van der Waals surface area contributed by atoms with Gasteiger partial charge in [0, 0.05) is 18.8 Å². The van der Waals surface area contributed by atoms with Gasteiger partial charge in [0.15, 0.2) is 10.6 Å². The van der Waals surface area contributed by atoms with Crippen LogP contribution in [0, 0.1) is 4.77 Å². The summed E-state index contributed by atoms with van der Waals surface area (Å²) in [4.78, 5) is 13.1. The van der Waals surface area contributed by atoms with E-state index in [1.807, 2.05) is 54.6 Å². The van der Waals surface area contributed by atoms with Gasteiger partial charge in [-0.25, -0.2) is 4.68 Å². The number of H-pyrrole nitrogens is 1. The Morgan fingerprint density at radius 3 is 2.70 bits per heavy atom. The zero-order chi connectivity index (χ0) is 21.1. The lowest BCUT2D eigenvalue weighted by atomic mass is 10.1. The lowest BCUT2D eigenvalue weighted by molar-refractivity contribution is 0.0950. The maximum absolute atomic E-state index is 13.1. The first-order chi connectivity index (χ1) is 14.6. The number of nitrogens with one attached hydrogen (secondary N) is 2. The number of hydrogen-bond acceptors (Lipinski definition) is 5. The summed E-state index contributed by atoms with van der Waals surface area (Å²) < 4.78 is 9.23. The fourth-order valence-electron chi connectivity index (χ4n) is 3.03. The molecule has 8 nitrogen and oxygen atoms in total. The zero-order valence-electron chi connectivity index (χ0n) is 16.5. The highest BCUT2D eigenvalue weighted by atomic mass is 32.1. The summed E-state index contributed by atoms with van der Waals surface area (Å²) >= 11 is 5.12. The fraction of sp³-hybridized carbons (Fsp3) is 0.143. The van der Waals surface area contributed by atoms with Crippen LogP contribution in [0.1, 0.15) is 16.2 Å². The minimum Gasteiger partial charge on any atom is -0.497 e. The van der Waals surface area contributed by atoms with E-state index in [0.717, 1.165) is 11.3 Å². The summed E-state index contributed by atoms with van der Waals surface area (Å²) in [5.41, 5.74) is 2.65. The number of benzene rings is 2. The van der Waals surface area contributed by atoms with Crippen molar-refractivity contribution in [1.82, 2.24) is 29.9 Å². The summed E-state index contributed by atoms with van der Waals surface area (Å²) in [7, 11) is 3.40. The van der Waals surface area contributed by atoms with Crippen molar-refractivity contribution in [3.8, 4) is 22.7 Å². The average molecular weight is 420 g/mol. The van der Waals surface area contributed by atoms with Gasteiger partial charge in [-0.1, -0.05) is 30.3 Å². The number of hydrogen-bond donors (Lipinski definition) is 2. The Bertz CT molecular complexity index is 1240. The molecule has 0 radical (unpaired) electrons. The molecule has 9 heteroatoms. The van der Waals surface area contributed by atoms with Crippen molar-refractivity contribution in [2.24, 2.45) is 7.05 Å². The van der Waals surface area contributed by atoms with Gasteiger partial charge in [-0.15, -0.1) is 0 Å². The molecule has 0 atom stereocenters. The molecule has 2 aromatic heterocycles. The Kier molecular flexibility index (Phi) is 5.44. The molecule has 2 heterocycles. The van der Waals surface area contributed by atoms with Crippen molar-refractivity contribution >= 4 is 18.1 Å². The van der Waals surface area contributed by atoms with Crippen molar-refractivity contribution in [2.45, 2.75) is 6.54 Å². The molecule has 0 unspecified atom stereocenters. The van der Waals surface area contributed by atoms with E-state index in [0.29, 0.717) is 27.6 Å². The van der Waals surface area contributed by atoms with E-state index in [2.05, 4.69) is 20.6 Å².